The van der Waals surface area contributed by atoms with Crippen molar-refractivity contribution in [1.29, 1.82) is 0 Å². The van der Waals surface area contributed by atoms with Crippen molar-refractivity contribution in [2.24, 2.45) is 5.73 Å². The van der Waals surface area contributed by atoms with Gasteiger partial charge in [0.2, 0.25) is 0 Å². The smallest absolute Gasteiger partial charge is 0.406 e. The minimum Gasteiger partial charge on any atom is -0.406 e. The number of ether oxygens (including phenoxy) is 1. The number of carbonyl (C=O) groups excluding carboxylic acids is 2. The Morgan fingerprint density at radius 2 is 1.73 bits per heavy atom. The second-order valence-electron chi connectivity index (χ2n) is 8.56. The van der Waals surface area contributed by atoms with E-state index in [0.29, 0.717) is 44.1 Å². The van der Waals surface area contributed by atoms with E-state index in [-0.39, 0.29) is 11.6 Å². The Morgan fingerprint density at radius 1 is 1.05 bits per heavy atom. The first-order valence-corrected chi connectivity index (χ1v) is 11.7. The Bertz CT molecular complexity index is 1250. The number of amides is 3. The number of piperazine rings is 1. The number of rotatable bonds is 6. The maximum Gasteiger partial charge on any atom is 0.573 e. The van der Waals surface area contributed by atoms with Gasteiger partial charge in [0.25, 0.3) is 5.91 Å². The Balaban J connectivity index is 1.51. The first-order valence-electron chi connectivity index (χ1n) is 11.7. The summed E-state index contributed by atoms with van der Waals surface area (Å²) in [4.78, 5) is 35.2. The standard InChI is InChI=1S/C25H27F3N6O3/c1-3-31-16-19(34(24(29)36)18-5-7-20(8-6-18)37-25(26,27)28)14-21(31)23(35)33-12-10-32(11-13-33)22-9-4-17(2)15-30-22/h4-9,14-16H,3,10-13H2,1-2H3,(H2,29,36). The van der Waals surface area contributed by atoms with Gasteiger partial charge in [0.05, 0.1) is 11.4 Å². The molecule has 12 heteroatoms. The molecule has 0 spiro atoms. The average Bonchev–Trinajstić information content (AvgIpc) is 3.28. The molecule has 1 aliphatic rings. The topological polar surface area (TPSA) is 96.9 Å². The van der Waals surface area contributed by atoms with Gasteiger partial charge in [-0.05, 0) is 55.8 Å². The molecule has 196 valence electrons. The van der Waals surface area contributed by atoms with E-state index in [1.54, 1.807) is 21.7 Å². The predicted octanol–water partition coefficient (Wildman–Crippen LogP) is 4.29. The van der Waals surface area contributed by atoms with Gasteiger partial charge >= 0.3 is 12.4 Å². The molecular weight excluding hydrogens is 489 g/mol. The summed E-state index contributed by atoms with van der Waals surface area (Å²) in [6, 6.07) is 9.41. The third-order valence-electron chi connectivity index (χ3n) is 6.04. The van der Waals surface area contributed by atoms with Crippen LogP contribution in [0.5, 0.6) is 5.75 Å². The summed E-state index contributed by atoms with van der Waals surface area (Å²) in [5, 5.41) is 0. The van der Waals surface area contributed by atoms with Crippen LogP contribution in [-0.4, -0.2) is 58.9 Å². The molecule has 37 heavy (non-hydrogen) atoms. The maximum atomic E-state index is 13.4. The molecule has 1 saturated heterocycles. The molecule has 2 aromatic heterocycles. The van der Waals surface area contributed by atoms with Gasteiger partial charge in [-0.2, -0.15) is 0 Å². The van der Waals surface area contributed by atoms with Crippen LogP contribution in [0, 0.1) is 6.92 Å². The van der Waals surface area contributed by atoms with Crippen molar-refractivity contribution in [1.82, 2.24) is 14.5 Å². The largest absolute Gasteiger partial charge is 0.573 e. The quantitative estimate of drug-likeness (QED) is 0.527. The number of benzene rings is 1. The van der Waals surface area contributed by atoms with Crippen LogP contribution in [-0.2, 0) is 6.54 Å². The Hall–Kier alpha value is -4.22. The lowest BCUT2D eigenvalue weighted by molar-refractivity contribution is -0.274. The van der Waals surface area contributed by atoms with E-state index < -0.39 is 18.1 Å². The fraction of sp³-hybridized carbons (Fsp3) is 0.320. The van der Waals surface area contributed by atoms with Crippen molar-refractivity contribution in [3.63, 3.8) is 0 Å². The molecule has 0 unspecified atom stereocenters. The fourth-order valence-electron chi connectivity index (χ4n) is 4.21. The summed E-state index contributed by atoms with van der Waals surface area (Å²) in [7, 11) is 0. The molecule has 0 aliphatic carbocycles. The predicted molar refractivity (Wildman–Crippen MR) is 132 cm³/mol. The normalized spacial score (nSPS) is 14.0. The van der Waals surface area contributed by atoms with Crippen molar-refractivity contribution in [2.75, 3.05) is 36.0 Å². The molecule has 1 aromatic carbocycles. The number of nitrogens with two attached hydrogens (primary N) is 1. The summed E-state index contributed by atoms with van der Waals surface area (Å²) in [5.74, 6) is 0.242. The number of anilines is 3. The molecule has 4 rings (SSSR count). The number of alkyl halides is 3. The second kappa shape index (κ2) is 10.4. The molecular formula is C25H27F3N6O3. The van der Waals surface area contributed by atoms with Gasteiger partial charge in [-0.15, -0.1) is 13.2 Å². The first-order chi connectivity index (χ1) is 17.6. The van der Waals surface area contributed by atoms with E-state index in [2.05, 4.69) is 14.6 Å². The van der Waals surface area contributed by atoms with Gasteiger partial charge in [-0.25, -0.2) is 9.78 Å². The number of urea groups is 1. The molecule has 0 radical (unpaired) electrons. The summed E-state index contributed by atoms with van der Waals surface area (Å²) in [6.07, 6.45) is -1.41. The van der Waals surface area contributed by atoms with Gasteiger partial charge in [0, 0.05) is 45.1 Å². The highest BCUT2D eigenvalue weighted by Gasteiger charge is 2.31. The van der Waals surface area contributed by atoms with Crippen molar-refractivity contribution in [2.45, 2.75) is 26.8 Å². The van der Waals surface area contributed by atoms with Crippen LogP contribution in [0.25, 0.3) is 0 Å². The zero-order chi connectivity index (χ0) is 26.7. The summed E-state index contributed by atoms with van der Waals surface area (Å²) in [5.41, 5.74) is 7.60. The van der Waals surface area contributed by atoms with Crippen molar-refractivity contribution in [3.05, 3.63) is 66.1 Å². The van der Waals surface area contributed by atoms with Gasteiger partial charge < -0.3 is 24.8 Å². The van der Waals surface area contributed by atoms with Gasteiger partial charge in [0.1, 0.15) is 17.3 Å². The third kappa shape index (κ3) is 5.96. The molecule has 3 amide bonds. The van der Waals surface area contributed by atoms with Crippen LogP contribution >= 0.6 is 0 Å². The molecule has 0 bridgehead atoms. The van der Waals surface area contributed by atoms with Crippen LogP contribution < -0.4 is 20.3 Å². The molecule has 0 saturated carbocycles. The van der Waals surface area contributed by atoms with Crippen LogP contribution in [0.2, 0.25) is 0 Å². The molecule has 0 atom stereocenters. The monoisotopic (exact) mass is 516 g/mol. The third-order valence-corrected chi connectivity index (χ3v) is 6.04. The van der Waals surface area contributed by atoms with E-state index in [9.17, 15) is 22.8 Å². The summed E-state index contributed by atoms with van der Waals surface area (Å²) < 4.78 is 43.0. The molecule has 3 aromatic rings. The molecule has 1 fully saturated rings. The minimum absolute atomic E-state index is 0.192. The van der Waals surface area contributed by atoms with Gasteiger partial charge in [-0.3, -0.25) is 9.69 Å². The number of carbonyl (C=O) groups is 2. The number of hydrogen-bond acceptors (Lipinski definition) is 5. The average molecular weight is 517 g/mol. The first kappa shape index (κ1) is 25.9. The minimum atomic E-state index is -4.83. The summed E-state index contributed by atoms with van der Waals surface area (Å²) in [6.45, 7) is 6.54. The van der Waals surface area contributed by atoms with E-state index >= 15 is 0 Å². The number of hydrogen-bond donors (Lipinski definition) is 1. The van der Waals surface area contributed by atoms with Crippen molar-refractivity contribution < 1.29 is 27.5 Å². The Kier molecular flexibility index (Phi) is 7.28. The number of aryl methyl sites for hydroxylation is 2. The Labute approximate surface area is 211 Å². The number of aromatic nitrogens is 2. The summed E-state index contributed by atoms with van der Waals surface area (Å²) >= 11 is 0. The number of halogens is 3. The number of pyridine rings is 1. The second-order valence-corrected chi connectivity index (χ2v) is 8.56. The lowest BCUT2D eigenvalue weighted by Crippen LogP contribution is -2.49. The number of nitrogens with zero attached hydrogens (tertiary/aromatic N) is 5. The van der Waals surface area contributed by atoms with E-state index in [1.165, 1.54) is 12.1 Å². The lowest BCUT2D eigenvalue weighted by atomic mass is 10.2. The van der Waals surface area contributed by atoms with Gasteiger partial charge in [-0.1, -0.05) is 6.07 Å². The molecule has 2 N–H and O–H groups in total. The number of primary amides is 1. The maximum absolute atomic E-state index is 13.4. The highest BCUT2D eigenvalue weighted by molar-refractivity contribution is 6.01. The fourth-order valence-corrected chi connectivity index (χ4v) is 4.21. The van der Waals surface area contributed by atoms with Gasteiger partial charge in [0.15, 0.2) is 0 Å². The SMILES string of the molecule is CCn1cc(N(C(N)=O)c2ccc(OC(F)(F)F)cc2)cc1C(=O)N1CCN(c2ccc(C)cn2)CC1. The lowest BCUT2D eigenvalue weighted by Gasteiger charge is -2.35. The molecule has 1 aliphatic heterocycles. The Morgan fingerprint density at radius 3 is 2.27 bits per heavy atom. The molecule has 3 heterocycles. The van der Waals surface area contributed by atoms with Crippen molar-refractivity contribution in [3.8, 4) is 5.75 Å². The van der Waals surface area contributed by atoms with E-state index in [1.807, 2.05) is 32.2 Å². The van der Waals surface area contributed by atoms with E-state index in [4.69, 9.17) is 5.73 Å². The molecule has 9 nitrogen and oxygen atoms in total. The van der Waals surface area contributed by atoms with Crippen LogP contribution in [0.15, 0.2) is 54.9 Å². The van der Waals surface area contributed by atoms with Crippen molar-refractivity contribution >= 4 is 29.1 Å². The zero-order valence-electron chi connectivity index (χ0n) is 20.4. The highest BCUT2D eigenvalue weighted by Crippen LogP contribution is 2.31. The van der Waals surface area contributed by atoms with E-state index in [0.717, 1.165) is 28.4 Å². The highest BCUT2D eigenvalue weighted by atomic mass is 19.4. The van der Waals surface area contributed by atoms with Crippen LogP contribution in [0.4, 0.5) is 35.2 Å². The zero-order valence-corrected chi connectivity index (χ0v) is 20.4. The van der Waals surface area contributed by atoms with Crippen LogP contribution in [0.3, 0.4) is 0 Å². The van der Waals surface area contributed by atoms with Crippen LogP contribution in [0.1, 0.15) is 23.0 Å².